The van der Waals surface area contributed by atoms with E-state index in [4.69, 9.17) is 0 Å². The highest BCUT2D eigenvalue weighted by molar-refractivity contribution is 7.95. The van der Waals surface area contributed by atoms with Crippen molar-refractivity contribution < 1.29 is 4.39 Å². The Morgan fingerprint density at radius 3 is 1.71 bits per heavy atom. The Kier molecular flexibility index (Phi) is 6.88. The molecular weight excluding hydrogens is 436 g/mol. The second-order valence-corrected chi connectivity index (χ2v) is 12.4. The zero-order chi connectivity index (χ0) is 23.2. The molecule has 0 spiro atoms. The first-order valence-electron chi connectivity index (χ1n) is 12.1. The molecule has 0 fully saturated rings. The number of nitrogens with zero attached hydrogens (tertiary/aromatic N) is 1. The van der Waals surface area contributed by atoms with Gasteiger partial charge in [0.25, 0.3) is 0 Å². The normalized spacial score (nSPS) is 11.7. The van der Waals surface area contributed by atoms with E-state index < -0.39 is 7.26 Å². The summed E-state index contributed by atoms with van der Waals surface area (Å²) in [6.45, 7) is 0.961. The van der Waals surface area contributed by atoms with Crippen molar-refractivity contribution in [1.82, 2.24) is 4.57 Å². The van der Waals surface area contributed by atoms with Crippen LogP contribution in [0.3, 0.4) is 0 Å². The summed E-state index contributed by atoms with van der Waals surface area (Å²) in [6, 6.07) is 40.4. The van der Waals surface area contributed by atoms with E-state index in [-0.39, 0.29) is 5.82 Å². The van der Waals surface area contributed by atoms with Gasteiger partial charge in [0.05, 0.1) is 6.16 Å². The number of hydrogen-bond acceptors (Lipinski definition) is 0. The third kappa shape index (κ3) is 4.56. The zero-order valence-corrected chi connectivity index (χ0v) is 20.2. The number of aromatic nitrogens is 1. The molecule has 0 radical (unpaired) electrons. The summed E-state index contributed by atoms with van der Waals surface area (Å²) in [6.07, 6.45) is 6.68. The quantitative estimate of drug-likeness (QED) is 0.164. The van der Waals surface area contributed by atoms with Crippen LogP contribution in [0.25, 0.3) is 10.9 Å². The maximum Gasteiger partial charge on any atom is 0.123 e. The third-order valence-corrected chi connectivity index (χ3v) is 11.2. The molecular formula is C31H30FNP+. The predicted molar refractivity (Wildman–Crippen MR) is 146 cm³/mol. The van der Waals surface area contributed by atoms with Crippen molar-refractivity contribution in [2.45, 2.75) is 25.8 Å². The monoisotopic (exact) mass is 466 g/mol. The van der Waals surface area contributed by atoms with E-state index >= 15 is 0 Å². The summed E-state index contributed by atoms with van der Waals surface area (Å²) in [4.78, 5) is 0. The first kappa shape index (κ1) is 22.6. The Hall–Kier alpha value is -3.22. The Balaban J connectivity index is 1.38. The second-order valence-electron chi connectivity index (χ2n) is 8.81. The summed E-state index contributed by atoms with van der Waals surface area (Å²) >= 11 is 0. The summed E-state index contributed by atoms with van der Waals surface area (Å²) in [5.41, 5.74) is 1.11. The fourth-order valence-corrected chi connectivity index (χ4v) is 9.47. The summed E-state index contributed by atoms with van der Waals surface area (Å²) < 4.78 is 15.8. The molecule has 0 aliphatic carbocycles. The largest absolute Gasteiger partial charge is 0.347 e. The minimum atomic E-state index is -1.75. The summed E-state index contributed by atoms with van der Waals surface area (Å²) in [5.74, 6) is -0.173. The van der Waals surface area contributed by atoms with Crippen molar-refractivity contribution in [1.29, 1.82) is 0 Å². The third-order valence-electron chi connectivity index (χ3n) is 6.72. The van der Waals surface area contributed by atoms with Crippen LogP contribution in [0, 0.1) is 5.82 Å². The maximum absolute atomic E-state index is 13.5. The van der Waals surface area contributed by atoms with Gasteiger partial charge in [-0.3, -0.25) is 0 Å². The SMILES string of the molecule is Fc1ccc2c(ccn2CCCCC[P+](c2ccccc2)(c2ccccc2)c2ccccc2)c1. The number of rotatable bonds is 9. The van der Waals surface area contributed by atoms with Crippen molar-refractivity contribution in [2.24, 2.45) is 0 Å². The second kappa shape index (κ2) is 10.4. The van der Waals surface area contributed by atoms with Gasteiger partial charge in [0.2, 0.25) is 0 Å². The lowest BCUT2D eigenvalue weighted by atomic mass is 10.2. The van der Waals surface area contributed by atoms with Crippen LogP contribution in [-0.4, -0.2) is 10.7 Å². The molecule has 0 aliphatic heterocycles. The lowest BCUT2D eigenvalue weighted by Gasteiger charge is -2.27. The fraction of sp³-hybridized carbons (Fsp3) is 0.161. The molecule has 0 amide bonds. The van der Waals surface area contributed by atoms with Crippen LogP contribution >= 0.6 is 7.26 Å². The molecule has 3 heteroatoms. The van der Waals surface area contributed by atoms with Crippen LogP contribution in [0.2, 0.25) is 0 Å². The van der Waals surface area contributed by atoms with Crippen LogP contribution in [0.4, 0.5) is 4.39 Å². The molecule has 170 valence electrons. The minimum absolute atomic E-state index is 0.173. The van der Waals surface area contributed by atoms with E-state index in [1.807, 2.05) is 12.1 Å². The lowest BCUT2D eigenvalue weighted by molar-refractivity contribution is 0.616. The Bertz CT molecular complexity index is 1230. The van der Waals surface area contributed by atoms with Crippen molar-refractivity contribution in [3.05, 3.63) is 127 Å². The Morgan fingerprint density at radius 1 is 0.588 bits per heavy atom. The van der Waals surface area contributed by atoms with Gasteiger partial charge in [0.1, 0.15) is 29.0 Å². The van der Waals surface area contributed by atoms with E-state index in [0.717, 1.165) is 36.5 Å². The van der Waals surface area contributed by atoms with Crippen LogP contribution in [0.5, 0.6) is 0 Å². The number of halogens is 1. The van der Waals surface area contributed by atoms with Crippen molar-refractivity contribution in [3.63, 3.8) is 0 Å². The summed E-state index contributed by atoms with van der Waals surface area (Å²) in [7, 11) is -1.75. The Labute approximate surface area is 202 Å². The van der Waals surface area contributed by atoms with E-state index in [1.54, 1.807) is 12.1 Å². The average Bonchev–Trinajstić information content (AvgIpc) is 3.30. The van der Waals surface area contributed by atoms with Gasteiger partial charge in [-0.1, -0.05) is 54.6 Å². The molecule has 0 saturated heterocycles. The molecule has 1 heterocycles. The standard InChI is InChI=1S/C31H30FNP/c32-27-19-20-31-26(25-27)21-23-33(31)22-11-4-12-24-34(28-13-5-1-6-14-28,29-15-7-2-8-16-29)30-17-9-3-10-18-30/h1-3,5-10,13-21,23,25H,4,11-12,22,24H2/q+1. The first-order valence-corrected chi connectivity index (χ1v) is 14.0. The van der Waals surface area contributed by atoms with Gasteiger partial charge in [0.15, 0.2) is 0 Å². The van der Waals surface area contributed by atoms with E-state index in [0.29, 0.717) is 0 Å². The molecule has 0 atom stereocenters. The lowest BCUT2D eigenvalue weighted by Crippen LogP contribution is -2.33. The van der Waals surface area contributed by atoms with Gasteiger partial charge in [-0.15, -0.1) is 0 Å². The van der Waals surface area contributed by atoms with Crippen LogP contribution in [0.1, 0.15) is 19.3 Å². The number of hydrogen-bond donors (Lipinski definition) is 0. The van der Waals surface area contributed by atoms with E-state index in [2.05, 4.69) is 102 Å². The smallest absolute Gasteiger partial charge is 0.123 e. The van der Waals surface area contributed by atoms with Crippen LogP contribution in [0.15, 0.2) is 121 Å². The number of benzene rings is 4. The minimum Gasteiger partial charge on any atom is -0.347 e. The van der Waals surface area contributed by atoms with E-state index in [9.17, 15) is 4.39 Å². The zero-order valence-electron chi connectivity index (χ0n) is 19.4. The molecule has 0 bridgehead atoms. The van der Waals surface area contributed by atoms with Gasteiger partial charge in [-0.2, -0.15) is 0 Å². The molecule has 0 unspecified atom stereocenters. The number of unbranched alkanes of at least 4 members (excludes halogenated alkanes) is 2. The highest BCUT2D eigenvalue weighted by atomic mass is 31.2. The molecule has 5 rings (SSSR count). The van der Waals surface area contributed by atoms with Gasteiger partial charge in [-0.05, 0) is 79.9 Å². The van der Waals surface area contributed by atoms with Crippen LogP contribution < -0.4 is 15.9 Å². The average molecular weight is 467 g/mol. The first-order chi connectivity index (χ1) is 16.8. The fourth-order valence-electron chi connectivity index (χ4n) is 5.06. The molecule has 1 nitrogen and oxygen atoms in total. The molecule has 0 N–H and O–H groups in total. The maximum atomic E-state index is 13.5. The van der Waals surface area contributed by atoms with E-state index in [1.165, 1.54) is 22.3 Å². The van der Waals surface area contributed by atoms with Gasteiger partial charge < -0.3 is 4.57 Å². The molecule has 5 aromatic rings. The van der Waals surface area contributed by atoms with Crippen molar-refractivity contribution in [3.8, 4) is 0 Å². The Morgan fingerprint density at radius 2 is 1.15 bits per heavy atom. The van der Waals surface area contributed by atoms with Gasteiger partial charge in [0, 0.05) is 23.6 Å². The van der Waals surface area contributed by atoms with Crippen LogP contribution in [-0.2, 0) is 6.54 Å². The van der Waals surface area contributed by atoms with Crippen molar-refractivity contribution >= 4 is 34.1 Å². The molecule has 1 aromatic heterocycles. The topological polar surface area (TPSA) is 4.93 Å². The molecule has 34 heavy (non-hydrogen) atoms. The number of fused-ring (bicyclic) bond motifs is 1. The highest BCUT2D eigenvalue weighted by Crippen LogP contribution is 2.55. The predicted octanol–water partition coefficient (Wildman–Crippen LogP) is 6.94. The molecule has 4 aromatic carbocycles. The number of aryl methyl sites for hydroxylation is 1. The molecule has 0 aliphatic rings. The van der Waals surface area contributed by atoms with Crippen molar-refractivity contribution in [2.75, 3.05) is 6.16 Å². The summed E-state index contributed by atoms with van der Waals surface area (Å²) in [5, 5.41) is 5.32. The molecule has 0 saturated carbocycles. The highest BCUT2D eigenvalue weighted by Gasteiger charge is 2.44. The van der Waals surface area contributed by atoms with Gasteiger partial charge in [-0.25, -0.2) is 4.39 Å². The van der Waals surface area contributed by atoms with Gasteiger partial charge >= 0.3 is 0 Å².